The molecule has 0 spiro atoms. The highest BCUT2D eigenvalue weighted by molar-refractivity contribution is 7.91. The molecule has 3 rings (SSSR count). The number of hydrogen-bond acceptors (Lipinski definition) is 5. The summed E-state index contributed by atoms with van der Waals surface area (Å²) in [4.78, 5) is 14.6. The number of rotatable bonds is 7. The average Bonchev–Trinajstić information content (AvgIpc) is 3.10. The molecule has 1 heterocycles. The van der Waals surface area contributed by atoms with Crippen molar-refractivity contribution in [3.63, 3.8) is 0 Å². The molecule has 1 fully saturated rings. The summed E-state index contributed by atoms with van der Waals surface area (Å²) in [7, 11) is 0.0737. The Labute approximate surface area is 171 Å². The minimum atomic E-state index is -3.11. The SMILES string of the molecule is COc1ccc(/C=C/C(=O)N(Cc2cccc(OC)c2)[C@@H]2CCS(=O)(=O)C2)cc1. The van der Waals surface area contributed by atoms with Crippen LogP contribution in [0.25, 0.3) is 6.08 Å². The van der Waals surface area contributed by atoms with Gasteiger partial charge in [-0.05, 0) is 47.9 Å². The van der Waals surface area contributed by atoms with Gasteiger partial charge in [0.25, 0.3) is 0 Å². The summed E-state index contributed by atoms with van der Waals surface area (Å²) in [6.45, 7) is 0.323. The van der Waals surface area contributed by atoms with Gasteiger partial charge in [0.15, 0.2) is 9.84 Å². The number of ether oxygens (including phenoxy) is 2. The third-order valence-electron chi connectivity index (χ3n) is 4.95. The fourth-order valence-electron chi connectivity index (χ4n) is 3.35. The molecule has 154 valence electrons. The van der Waals surface area contributed by atoms with Crippen LogP contribution in [-0.2, 0) is 21.2 Å². The van der Waals surface area contributed by atoms with Gasteiger partial charge in [0, 0.05) is 18.7 Å². The lowest BCUT2D eigenvalue weighted by molar-refractivity contribution is -0.128. The quantitative estimate of drug-likeness (QED) is 0.650. The van der Waals surface area contributed by atoms with E-state index in [-0.39, 0.29) is 23.5 Å². The van der Waals surface area contributed by atoms with E-state index in [4.69, 9.17) is 9.47 Å². The molecule has 1 atom stereocenters. The topological polar surface area (TPSA) is 72.9 Å². The summed E-state index contributed by atoms with van der Waals surface area (Å²) in [6.07, 6.45) is 3.67. The van der Waals surface area contributed by atoms with E-state index in [1.54, 1.807) is 25.2 Å². The molecule has 1 saturated heterocycles. The van der Waals surface area contributed by atoms with E-state index in [2.05, 4.69) is 0 Å². The van der Waals surface area contributed by atoms with Crippen LogP contribution in [0.15, 0.2) is 54.6 Å². The molecule has 0 bridgehead atoms. The largest absolute Gasteiger partial charge is 0.497 e. The Kier molecular flexibility index (Phi) is 6.59. The molecule has 0 unspecified atom stereocenters. The Hall–Kier alpha value is -2.80. The highest BCUT2D eigenvalue weighted by atomic mass is 32.2. The van der Waals surface area contributed by atoms with E-state index in [0.717, 1.165) is 16.9 Å². The summed E-state index contributed by atoms with van der Waals surface area (Å²) < 4.78 is 34.3. The van der Waals surface area contributed by atoms with Gasteiger partial charge < -0.3 is 14.4 Å². The number of amides is 1. The fraction of sp³-hybridized carbons (Fsp3) is 0.318. The predicted octanol–water partition coefficient (Wildman–Crippen LogP) is 2.93. The maximum absolute atomic E-state index is 13.0. The molecule has 29 heavy (non-hydrogen) atoms. The van der Waals surface area contributed by atoms with Crippen molar-refractivity contribution >= 4 is 21.8 Å². The Morgan fingerprint density at radius 1 is 1.10 bits per heavy atom. The van der Waals surface area contributed by atoms with Gasteiger partial charge in [-0.1, -0.05) is 24.3 Å². The zero-order valence-electron chi connectivity index (χ0n) is 16.6. The fourth-order valence-corrected chi connectivity index (χ4v) is 5.08. The van der Waals surface area contributed by atoms with Crippen LogP contribution in [0.1, 0.15) is 17.5 Å². The van der Waals surface area contributed by atoms with Crippen molar-refractivity contribution in [1.82, 2.24) is 4.90 Å². The van der Waals surface area contributed by atoms with Crippen molar-refractivity contribution in [3.8, 4) is 11.5 Å². The third kappa shape index (κ3) is 5.60. The maximum atomic E-state index is 13.0. The molecule has 6 nitrogen and oxygen atoms in total. The van der Waals surface area contributed by atoms with Crippen molar-refractivity contribution < 1.29 is 22.7 Å². The first-order valence-corrected chi connectivity index (χ1v) is 11.2. The summed E-state index contributed by atoms with van der Waals surface area (Å²) in [6, 6.07) is 14.5. The maximum Gasteiger partial charge on any atom is 0.247 e. The monoisotopic (exact) mass is 415 g/mol. The summed E-state index contributed by atoms with van der Waals surface area (Å²) >= 11 is 0. The Balaban J connectivity index is 1.81. The zero-order valence-corrected chi connectivity index (χ0v) is 17.4. The molecular weight excluding hydrogens is 390 g/mol. The van der Waals surface area contributed by atoms with Gasteiger partial charge in [-0.2, -0.15) is 0 Å². The first-order valence-electron chi connectivity index (χ1n) is 9.36. The highest BCUT2D eigenvalue weighted by Crippen LogP contribution is 2.22. The minimum Gasteiger partial charge on any atom is -0.497 e. The van der Waals surface area contributed by atoms with E-state index < -0.39 is 9.84 Å². The van der Waals surface area contributed by atoms with Crippen LogP contribution in [0.4, 0.5) is 0 Å². The molecule has 2 aromatic carbocycles. The van der Waals surface area contributed by atoms with Gasteiger partial charge in [0.2, 0.25) is 5.91 Å². The Bertz CT molecular complexity index is 983. The molecule has 0 aromatic heterocycles. The van der Waals surface area contributed by atoms with E-state index in [0.29, 0.717) is 18.7 Å². The van der Waals surface area contributed by atoms with Crippen LogP contribution in [0.5, 0.6) is 11.5 Å². The second-order valence-electron chi connectivity index (χ2n) is 6.98. The van der Waals surface area contributed by atoms with E-state index in [1.807, 2.05) is 48.5 Å². The second-order valence-corrected chi connectivity index (χ2v) is 9.21. The number of hydrogen-bond donors (Lipinski definition) is 0. The van der Waals surface area contributed by atoms with Gasteiger partial charge in [-0.3, -0.25) is 4.79 Å². The van der Waals surface area contributed by atoms with Crippen LogP contribution in [0.2, 0.25) is 0 Å². The van der Waals surface area contributed by atoms with Gasteiger partial charge in [0.1, 0.15) is 11.5 Å². The van der Waals surface area contributed by atoms with Gasteiger partial charge in [-0.15, -0.1) is 0 Å². The molecule has 2 aromatic rings. The molecule has 0 N–H and O–H groups in total. The van der Waals surface area contributed by atoms with Crippen LogP contribution < -0.4 is 9.47 Å². The molecule has 0 radical (unpaired) electrons. The van der Waals surface area contributed by atoms with Crippen LogP contribution in [-0.4, -0.2) is 51.0 Å². The molecule has 1 aliphatic rings. The summed E-state index contributed by atoms with van der Waals surface area (Å²) in [5, 5.41) is 0. The van der Waals surface area contributed by atoms with Crippen molar-refractivity contribution in [2.45, 2.75) is 19.0 Å². The molecule has 0 aliphatic carbocycles. The van der Waals surface area contributed by atoms with Gasteiger partial charge in [-0.25, -0.2) is 8.42 Å². The lowest BCUT2D eigenvalue weighted by Crippen LogP contribution is -2.39. The number of carbonyl (C=O) groups is 1. The van der Waals surface area contributed by atoms with E-state index in [1.165, 1.54) is 6.08 Å². The molecule has 7 heteroatoms. The van der Waals surface area contributed by atoms with Crippen molar-refractivity contribution in [2.24, 2.45) is 0 Å². The first kappa shape index (κ1) is 20.9. The van der Waals surface area contributed by atoms with Crippen LogP contribution in [0, 0.1) is 0 Å². The smallest absolute Gasteiger partial charge is 0.247 e. The standard InChI is InChI=1S/C22H25NO5S/c1-27-20-9-6-17(7-10-20)8-11-22(24)23(19-12-13-29(25,26)16-19)15-18-4-3-5-21(14-18)28-2/h3-11,14,19H,12-13,15-16H2,1-2H3/b11-8+/t19-/m1/s1. The van der Waals surface area contributed by atoms with Crippen molar-refractivity contribution in [2.75, 3.05) is 25.7 Å². The number of carbonyl (C=O) groups excluding carboxylic acids is 1. The van der Waals surface area contributed by atoms with E-state index >= 15 is 0 Å². The molecule has 0 saturated carbocycles. The number of nitrogens with zero attached hydrogens (tertiary/aromatic N) is 1. The number of benzene rings is 2. The number of sulfone groups is 1. The lowest BCUT2D eigenvalue weighted by Gasteiger charge is -2.27. The zero-order chi connectivity index (χ0) is 20.9. The third-order valence-corrected chi connectivity index (χ3v) is 6.70. The lowest BCUT2D eigenvalue weighted by atomic mass is 10.1. The normalized spacial score (nSPS) is 17.9. The Morgan fingerprint density at radius 2 is 1.83 bits per heavy atom. The van der Waals surface area contributed by atoms with Crippen LogP contribution >= 0.6 is 0 Å². The Morgan fingerprint density at radius 3 is 2.45 bits per heavy atom. The van der Waals surface area contributed by atoms with Crippen LogP contribution in [0.3, 0.4) is 0 Å². The molecule has 1 amide bonds. The van der Waals surface area contributed by atoms with Gasteiger partial charge >= 0.3 is 0 Å². The number of methoxy groups -OCH3 is 2. The van der Waals surface area contributed by atoms with E-state index in [9.17, 15) is 13.2 Å². The molecular formula is C22H25NO5S. The first-order chi connectivity index (χ1) is 13.9. The van der Waals surface area contributed by atoms with Gasteiger partial charge in [0.05, 0.1) is 25.7 Å². The predicted molar refractivity (Wildman–Crippen MR) is 113 cm³/mol. The summed E-state index contributed by atoms with van der Waals surface area (Å²) in [5.74, 6) is 1.33. The van der Waals surface area contributed by atoms with Crippen molar-refractivity contribution in [3.05, 3.63) is 65.7 Å². The minimum absolute atomic E-state index is 0.000908. The summed E-state index contributed by atoms with van der Waals surface area (Å²) in [5.41, 5.74) is 1.75. The average molecular weight is 416 g/mol. The van der Waals surface area contributed by atoms with Crippen molar-refractivity contribution in [1.29, 1.82) is 0 Å². The second kappa shape index (κ2) is 9.13. The molecule has 1 aliphatic heterocycles. The highest BCUT2D eigenvalue weighted by Gasteiger charge is 2.34.